The fraction of sp³-hybridized carbons (Fsp3) is 0.467. The third-order valence-corrected chi connectivity index (χ3v) is 4.05. The highest BCUT2D eigenvalue weighted by molar-refractivity contribution is 5.77. The molecule has 0 spiro atoms. The number of ether oxygens (including phenoxy) is 1. The Balaban J connectivity index is 1.67. The summed E-state index contributed by atoms with van der Waals surface area (Å²) in [6, 6.07) is 6.32. The van der Waals surface area contributed by atoms with E-state index in [0.29, 0.717) is 6.01 Å². The Morgan fingerprint density at radius 1 is 1.38 bits per heavy atom. The van der Waals surface area contributed by atoms with Crippen LogP contribution in [-0.4, -0.2) is 24.0 Å². The molecule has 3 N–H and O–H groups in total. The number of nitrogens with zero attached hydrogens (tertiary/aromatic N) is 1. The summed E-state index contributed by atoms with van der Waals surface area (Å²) in [6.45, 7) is 0. The molecule has 1 fully saturated rings. The lowest BCUT2D eigenvalue weighted by atomic mass is 9.86. The molecule has 1 amide bonds. The molecule has 3 rings (SSSR count). The van der Waals surface area contributed by atoms with Gasteiger partial charge in [0.1, 0.15) is 11.3 Å². The van der Waals surface area contributed by atoms with Gasteiger partial charge in [-0.3, -0.25) is 4.79 Å². The van der Waals surface area contributed by atoms with E-state index in [-0.39, 0.29) is 17.9 Å². The van der Waals surface area contributed by atoms with Crippen molar-refractivity contribution in [2.45, 2.75) is 31.7 Å². The zero-order valence-electron chi connectivity index (χ0n) is 12.0. The van der Waals surface area contributed by atoms with Crippen molar-refractivity contribution in [3.8, 4) is 5.75 Å². The number of hydrogen-bond donors (Lipinski definition) is 2. The highest BCUT2D eigenvalue weighted by Crippen LogP contribution is 2.28. The van der Waals surface area contributed by atoms with Gasteiger partial charge in [0, 0.05) is 18.0 Å². The van der Waals surface area contributed by atoms with Crippen molar-refractivity contribution in [1.82, 2.24) is 4.98 Å². The van der Waals surface area contributed by atoms with Gasteiger partial charge in [-0.05, 0) is 37.8 Å². The van der Waals surface area contributed by atoms with Gasteiger partial charge < -0.3 is 20.2 Å². The molecule has 0 aliphatic heterocycles. The first-order valence-corrected chi connectivity index (χ1v) is 7.16. The van der Waals surface area contributed by atoms with E-state index >= 15 is 0 Å². The summed E-state index contributed by atoms with van der Waals surface area (Å²) in [7, 11) is 1.62. The molecule has 1 heterocycles. The maximum atomic E-state index is 11.2. The minimum atomic E-state index is -0.192. The predicted octanol–water partition coefficient (Wildman–Crippen LogP) is 2.29. The van der Waals surface area contributed by atoms with E-state index in [9.17, 15) is 4.79 Å². The van der Waals surface area contributed by atoms with Crippen LogP contribution in [0, 0.1) is 5.92 Å². The third kappa shape index (κ3) is 2.94. The molecule has 112 valence electrons. The number of oxazole rings is 1. The minimum absolute atomic E-state index is 0.0101. The van der Waals surface area contributed by atoms with E-state index in [1.165, 1.54) is 0 Å². The number of nitrogens with two attached hydrogens (primary N) is 1. The lowest BCUT2D eigenvalue weighted by molar-refractivity contribution is -0.122. The van der Waals surface area contributed by atoms with Crippen LogP contribution in [0.15, 0.2) is 22.6 Å². The van der Waals surface area contributed by atoms with Crippen molar-refractivity contribution in [2.75, 3.05) is 12.4 Å². The van der Waals surface area contributed by atoms with Crippen LogP contribution in [0.4, 0.5) is 6.01 Å². The van der Waals surface area contributed by atoms with Gasteiger partial charge in [-0.25, -0.2) is 0 Å². The van der Waals surface area contributed by atoms with Crippen molar-refractivity contribution in [3.63, 3.8) is 0 Å². The molecule has 0 atom stereocenters. The zero-order valence-corrected chi connectivity index (χ0v) is 12.0. The SMILES string of the molecule is COc1ccc2oc(N[C@H]3CC[C@H](C(N)=O)CC3)nc2c1. The molecule has 0 saturated heterocycles. The average molecular weight is 289 g/mol. The number of nitrogens with one attached hydrogen (secondary N) is 1. The van der Waals surface area contributed by atoms with Crippen LogP contribution in [0.2, 0.25) is 0 Å². The van der Waals surface area contributed by atoms with E-state index in [0.717, 1.165) is 42.5 Å². The first-order valence-electron chi connectivity index (χ1n) is 7.16. The maximum absolute atomic E-state index is 11.2. The maximum Gasteiger partial charge on any atom is 0.295 e. The lowest BCUT2D eigenvalue weighted by Crippen LogP contribution is -2.32. The number of aromatic nitrogens is 1. The van der Waals surface area contributed by atoms with Crippen molar-refractivity contribution >= 4 is 23.0 Å². The monoisotopic (exact) mass is 289 g/mol. The molecule has 2 aromatic rings. The molecule has 1 aromatic heterocycles. The van der Waals surface area contributed by atoms with E-state index in [1.807, 2.05) is 18.2 Å². The summed E-state index contributed by atoms with van der Waals surface area (Å²) in [4.78, 5) is 15.6. The lowest BCUT2D eigenvalue weighted by Gasteiger charge is -2.26. The number of carbonyl (C=O) groups is 1. The van der Waals surface area contributed by atoms with Crippen LogP contribution in [0.25, 0.3) is 11.1 Å². The standard InChI is InChI=1S/C15H19N3O3/c1-20-11-6-7-13-12(8-11)18-15(21-13)17-10-4-2-9(3-5-10)14(16)19/h6-10H,2-5H2,1H3,(H2,16,19)(H,17,18)/t9-,10-. The first-order chi connectivity index (χ1) is 10.2. The Bertz CT molecular complexity index is 645. The molecular formula is C15H19N3O3. The number of primary amides is 1. The Kier molecular flexibility index (Phi) is 3.68. The number of rotatable bonds is 4. The van der Waals surface area contributed by atoms with Crippen LogP contribution in [0.1, 0.15) is 25.7 Å². The number of carbonyl (C=O) groups excluding carboxylic acids is 1. The number of benzene rings is 1. The van der Waals surface area contributed by atoms with Gasteiger partial charge in [0.2, 0.25) is 5.91 Å². The molecule has 1 aromatic carbocycles. The summed E-state index contributed by atoms with van der Waals surface area (Å²) in [5.74, 6) is 0.572. The molecule has 6 nitrogen and oxygen atoms in total. The third-order valence-electron chi connectivity index (χ3n) is 4.05. The summed E-state index contributed by atoms with van der Waals surface area (Å²) < 4.78 is 10.8. The highest BCUT2D eigenvalue weighted by Gasteiger charge is 2.25. The summed E-state index contributed by atoms with van der Waals surface area (Å²) >= 11 is 0. The second-order valence-corrected chi connectivity index (χ2v) is 5.45. The molecule has 0 radical (unpaired) electrons. The van der Waals surface area contributed by atoms with Crippen LogP contribution >= 0.6 is 0 Å². The molecule has 1 saturated carbocycles. The Labute approximate surface area is 122 Å². The van der Waals surface area contributed by atoms with Gasteiger partial charge in [0.25, 0.3) is 6.01 Å². The summed E-state index contributed by atoms with van der Waals surface area (Å²) in [5, 5.41) is 3.30. The fourth-order valence-corrected chi connectivity index (χ4v) is 2.79. The number of methoxy groups -OCH3 is 1. The number of amides is 1. The molecule has 0 unspecified atom stereocenters. The van der Waals surface area contributed by atoms with Crippen LogP contribution < -0.4 is 15.8 Å². The highest BCUT2D eigenvalue weighted by atomic mass is 16.5. The van der Waals surface area contributed by atoms with E-state index in [1.54, 1.807) is 7.11 Å². The largest absolute Gasteiger partial charge is 0.497 e. The van der Waals surface area contributed by atoms with Crippen molar-refractivity contribution in [3.05, 3.63) is 18.2 Å². The Hall–Kier alpha value is -2.24. The molecular weight excluding hydrogens is 270 g/mol. The van der Waals surface area contributed by atoms with E-state index in [4.69, 9.17) is 14.9 Å². The van der Waals surface area contributed by atoms with Gasteiger partial charge in [-0.2, -0.15) is 4.98 Å². The van der Waals surface area contributed by atoms with Gasteiger partial charge >= 0.3 is 0 Å². The predicted molar refractivity (Wildman–Crippen MR) is 79.1 cm³/mol. The van der Waals surface area contributed by atoms with Crippen molar-refractivity contribution < 1.29 is 13.9 Å². The summed E-state index contributed by atoms with van der Waals surface area (Å²) in [6.07, 6.45) is 3.44. The van der Waals surface area contributed by atoms with Crippen LogP contribution in [0.3, 0.4) is 0 Å². The molecule has 21 heavy (non-hydrogen) atoms. The summed E-state index contributed by atoms with van der Waals surface area (Å²) in [5.41, 5.74) is 6.83. The van der Waals surface area contributed by atoms with Crippen molar-refractivity contribution in [2.24, 2.45) is 11.7 Å². The molecule has 6 heteroatoms. The average Bonchev–Trinajstić information content (AvgIpc) is 2.88. The van der Waals surface area contributed by atoms with Crippen molar-refractivity contribution in [1.29, 1.82) is 0 Å². The Morgan fingerprint density at radius 2 is 2.14 bits per heavy atom. The topological polar surface area (TPSA) is 90.4 Å². The minimum Gasteiger partial charge on any atom is -0.497 e. The number of fused-ring (bicyclic) bond motifs is 1. The number of anilines is 1. The van der Waals surface area contributed by atoms with Crippen LogP contribution in [-0.2, 0) is 4.79 Å². The van der Waals surface area contributed by atoms with Gasteiger partial charge in [-0.1, -0.05) is 0 Å². The smallest absolute Gasteiger partial charge is 0.295 e. The first kappa shape index (κ1) is 13.7. The second-order valence-electron chi connectivity index (χ2n) is 5.45. The molecule has 0 bridgehead atoms. The van der Waals surface area contributed by atoms with Crippen LogP contribution in [0.5, 0.6) is 5.75 Å². The quantitative estimate of drug-likeness (QED) is 0.901. The van der Waals surface area contributed by atoms with E-state index in [2.05, 4.69) is 10.3 Å². The van der Waals surface area contributed by atoms with E-state index < -0.39 is 0 Å². The molecule has 1 aliphatic carbocycles. The normalized spacial score (nSPS) is 22.1. The molecule has 1 aliphatic rings. The fourth-order valence-electron chi connectivity index (χ4n) is 2.79. The second kappa shape index (κ2) is 5.63. The van der Waals surface area contributed by atoms with Gasteiger partial charge in [0.05, 0.1) is 7.11 Å². The van der Waals surface area contributed by atoms with Gasteiger partial charge in [-0.15, -0.1) is 0 Å². The Morgan fingerprint density at radius 3 is 2.81 bits per heavy atom. The number of hydrogen-bond acceptors (Lipinski definition) is 5. The zero-order chi connectivity index (χ0) is 14.8. The van der Waals surface area contributed by atoms with Gasteiger partial charge in [0.15, 0.2) is 5.58 Å².